The molecule has 1 saturated heterocycles. The van der Waals surface area contributed by atoms with Crippen LogP contribution in [0.1, 0.15) is 70.8 Å². The molecule has 4 aromatic carbocycles. The number of carbonyl (C=O) groups is 3. The van der Waals surface area contributed by atoms with Crippen LogP contribution in [-0.4, -0.2) is 63.4 Å². The Hall–Kier alpha value is -4.12. The number of β-lactam (4-membered cyclic amide) rings is 1. The van der Waals surface area contributed by atoms with Gasteiger partial charge in [0.15, 0.2) is 22.4 Å². The number of esters is 1. The number of carbonyl (C=O) groups excluding carboxylic acids is 3. The average molecular weight is 850 g/mol. The molecule has 1 aliphatic heterocycles. The summed E-state index contributed by atoms with van der Waals surface area (Å²) in [6, 6.07) is 36.6. The Morgan fingerprint density at radius 2 is 1.20 bits per heavy atom. The van der Waals surface area contributed by atoms with Crippen LogP contribution >= 0.6 is 6.89 Å². The quantitative estimate of drug-likeness (QED) is 0.0279. The predicted molar refractivity (Wildman–Crippen MR) is 251 cm³/mol. The van der Waals surface area contributed by atoms with E-state index in [2.05, 4.69) is 74.3 Å². The van der Waals surface area contributed by atoms with Gasteiger partial charge in [-0.05, 0) is 64.7 Å². The monoisotopic (exact) mass is 849 g/mol. The van der Waals surface area contributed by atoms with Gasteiger partial charge in [0.1, 0.15) is 12.0 Å². The standard InChI is InChI=1S/C49H64NO6PSi2/c1-13-33-54-47(53)46(57(39-23-17-14-18-24-39,40-25-19-15-20-26-40)41-27-21-16-22-28-41)50-42(44(45(50)52)36(2)56-59(11,12)49(6,7)8)34-43(51)38-31-29-37(30-32-38)35-55-58(9,10)48(3,4)5/h13-32,36,42,44H,1,33-35H2,2-12H3/t36-,42-,44-/m1/s1. The summed E-state index contributed by atoms with van der Waals surface area (Å²) in [6.07, 6.45) is 0.995. The maximum Gasteiger partial charge on any atom is 0.356 e. The van der Waals surface area contributed by atoms with Crippen molar-refractivity contribution in [2.45, 2.75) is 110 Å². The Morgan fingerprint density at radius 1 is 0.746 bits per heavy atom. The summed E-state index contributed by atoms with van der Waals surface area (Å²) in [4.78, 5) is 46.4. The number of hydrogen-bond donors (Lipinski definition) is 0. The van der Waals surface area contributed by atoms with Crippen molar-refractivity contribution in [2.24, 2.45) is 5.92 Å². The lowest BCUT2D eigenvalue weighted by molar-refractivity contribution is -0.156. The Morgan fingerprint density at radius 3 is 1.63 bits per heavy atom. The van der Waals surface area contributed by atoms with Gasteiger partial charge in [0.05, 0.1) is 24.7 Å². The van der Waals surface area contributed by atoms with Crippen LogP contribution in [0, 0.1) is 5.92 Å². The maximum atomic E-state index is 15.2. The first-order valence-electron chi connectivity index (χ1n) is 20.7. The highest BCUT2D eigenvalue weighted by Gasteiger charge is 2.57. The Balaban J connectivity index is 1.72. The van der Waals surface area contributed by atoms with Gasteiger partial charge in [-0.2, -0.15) is 0 Å². The van der Waals surface area contributed by atoms with E-state index in [-0.39, 0.29) is 40.2 Å². The van der Waals surface area contributed by atoms with E-state index in [0.29, 0.717) is 12.2 Å². The lowest BCUT2D eigenvalue weighted by atomic mass is 9.79. The third-order valence-electron chi connectivity index (χ3n) is 12.6. The highest BCUT2D eigenvalue weighted by molar-refractivity contribution is 7.96. The molecule has 10 heteroatoms. The van der Waals surface area contributed by atoms with Crippen molar-refractivity contribution in [1.29, 1.82) is 0 Å². The van der Waals surface area contributed by atoms with Crippen LogP contribution in [0.2, 0.25) is 36.3 Å². The molecule has 7 nitrogen and oxygen atoms in total. The minimum Gasteiger partial charge on any atom is -0.457 e. The number of benzene rings is 4. The van der Waals surface area contributed by atoms with Crippen molar-refractivity contribution in [2.75, 3.05) is 6.61 Å². The normalized spacial score (nSPS) is 16.9. The molecule has 3 atom stereocenters. The molecule has 0 bridgehead atoms. The zero-order valence-electron chi connectivity index (χ0n) is 37.0. The molecule has 1 heterocycles. The molecule has 4 aromatic rings. The average Bonchev–Trinajstić information content (AvgIpc) is 3.19. The number of likely N-dealkylation sites (tertiary alicyclic amines) is 1. The van der Waals surface area contributed by atoms with Crippen LogP contribution in [0.25, 0.3) is 0 Å². The summed E-state index contributed by atoms with van der Waals surface area (Å²) in [7, 11) is -4.35. The third kappa shape index (κ3) is 9.61. The van der Waals surface area contributed by atoms with Gasteiger partial charge in [-0.3, -0.25) is 9.59 Å². The fraction of sp³-hybridized carbons (Fsp3) is 0.388. The van der Waals surface area contributed by atoms with Crippen LogP contribution < -0.4 is 15.9 Å². The first-order chi connectivity index (χ1) is 27.7. The minimum atomic E-state index is -3.18. The molecular weight excluding hydrogens is 786 g/mol. The molecule has 1 amide bonds. The summed E-state index contributed by atoms with van der Waals surface area (Å²) in [5, 5.41) is 2.60. The molecule has 0 aromatic heterocycles. The van der Waals surface area contributed by atoms with Crippen molar-refractivity contribution in [3.05, 3.63) is 139 Å². The van der Waals surface area contributed by atoms with E-state index in [0.717, 1.165) is 21.5 Å². The number of amides is 1. The van der Waals surface area contributed by atoms with E-state index in [1.807, 2.05) is 122 Å². The Bertz CT molecular complexity index is 2050. The van der Waals surface area contributed by atoms with E-state index in [9.17, 15) is 4.79 Å². The highest BCUT2D eigenvalue weighted by Crippen LogP contribution is 2.51. The van der Waals surface area contributed by atoms with E-state index >= 15 is 9.59 Å². The molecule has 0 aliphatic carbocycles. The van der Waals surface area contributed by atoms with Crippen molar-refractivity contribution in [1.82, 2.24) is 4.90 Å². The van der Waals surface area contributed by atoms with E-state index in [4.69, 9.17) is 13.6 Å². The molecule has 1 aliphatic rings. The van der Waals surface area contributed by atoms with Gasteiger partial charge in [-0.25, -0.2) is 4.79 Å². The third-order valence-corrected chi connectivity index (χ3v) is 25.9. The molecule has 0 spiro atoms. The van der Waals surface area contributed by atoms with Crippen LogP contribution in [0.4, 0.5) is 0 Å². The largest absolute Gasteiger partial charge is 0.457 e. The van der Waals surface area contributed by atoms with E-state index in [1.54, 1.807) is 4.90 Å². The minimum absolute atomic E-state index is 0.0158. The summed E-state index contributed by atoms with van der Waals surface area (Å²) < 4.78 is 19.4. The maximum absolute atomic E-state index is 15.2. The van der Waals surface area contributed by atoms with Gasteiger partial charge in [-0.15, -0.1) is 0 Å². The molecule has 0 saturated carbocycles. The summed E-state index contributed by atoms with van der Waals surface area (Å²) in [5.74, 6) is -1.69. The van der Waals surface area contributed by atoms with Gasteiger partial charge < -0.3 is 18.5 Å². The van der Waals surface area contributed by atoms with Crippen LogP contribution in [0.15, 0.2) is 128 Å². The van der Waals surface area contributed by atoms with Crippen LogP contribution in [-0.2, 0) is 29.8 Å². The number of nitrogens with zero attached hydrogens (tertiary/aromatic N) is 1. The number of hydrogen-bond acceptors (Lipinski definition) is 6. The van der Waals surface area contributed by atoms with E-state index in [1.165, 1.54) is 6.08 Å². The zero-order chi connectivity index (χ0) is 43.4. The zero-order valence-corrected chi connectivity index (χ0v) is 39.8. The molecule has 5 rings (SSSR count). The number of ketones is 1. The lowest BCUT2D eigenvalue weighted by Gasteiger charge is -2.53. The van der Waals surface area contributed by atoms with Gasteiger partial charge in [0, 0.05) is 18.9 Å². The van der Waals surface area contributed by atoms with Gasteiger partial charge >= 0.3 is 5.97 Å². The first kappa shape index (κ1) is 46.0. The summed E-state index contributed by atoms with van der Waals surface area (Å²) in [6.45, 7) is 25.0. The highest BCUT2D eigenvalue weighted by atomic mass is 31.2. The molecule has 59 heavy (non-hydrogen) atoms. The van der Waals surface area contributed by atoms with Crippen LogP contribution in [0.3, 0.4) is 0 Å². The molecule has 314 valence electrons. The lowest BCUT2D eigenvalue weighted by Crippen LogP contribution is -2.69. The van der Waals surface area contributed by atoms with Crippen molar-refractivity contribution >= 4 is 62.5 Å². The smallest absolute Gasteiger partial charge is 0.356 e. The van der Waals surface area contributed by atoms with Crippen molar-refractivity contribution in [3.8, 4) is 0 Å². The first-order valence-corrected chi connectivity index (χ1v) is 28.3. The summed E-state index contributed by atoms with van der Waals surface area (Å²) in [5.41, 5.74) is 1.76. The Kier molecular flexibility index (Phi) is 14.2. The number of rotatable bonds is 16. The van der Waals surface area contributed by atoms with E-state index < -0.39 is 47.6 Å². The fourth-order valence-corrected chi connectivity index (χ4v) is 14.0. The molecular formula is C49H64NO6PSi2. The summed E-state index contributed by atoms with van der Waals surface area (Å²) >= 11 is 0. The second-order valence-corrected chi connectivity index (χ2v) is 31.5. The molecule has 0 radical (unpaired) electrons. The SMILES string of the molecule is C=CCOC(=O)C(N1C(=O)[C@H]([C@@H](C)O[Si](C)(C)C(C)(C)C)[C@H]1CC(=O)c1ccc(CO[Si](C)(C)C(C)(C)C)cc1)=P(c1ccccc1)(c1ccccc1)c1ccccc1. The number of ether oxygens (including phenoxy) is 1. The number of Topliss-reactive ketones (excluding diaryl/α,β-unsaturated/α-hetero) is 1. The van der Waals surface area contributed by atoms with Crippen LogP contribution in [0.5, 0.6) is 0 Å². The van der Waals surface area contributed by atoms with Gasteiger partial charge in [0.2, 0.25) is 5.91 Å². The molecule has 0 N–H and O–H groups in total. The Labute approximate surface area is 355 Å². The molecule has 1 fully saturated rings. The van der Waals surface area contributed by atoms with Gasteiger partial charge in [0.25, 0.3) is 0 Å². The molecule has 0 unspecified atom stereocenters. The predicted octanol–water partition coefficient (Wildman–Crippen LogP) is 9.87. The van der Waals surface area contributed by atoms with Crippen molar-refractivity contribution < 1.29 is 28.0 Å². The van der Waals surface area contributed by atoms with Crippen molar-refractivity contribution in [3.63, 3.8) is 0 Å². The fourth-order valence-electron chi connectivity index (χ4n) is 7.22. The van der Waals surface area contributed by atoms with Gasteiger partial charge in [-0.1, -0.05) is 169 Å². The second kappa shape index (κ2) is 18.2. The second-order valence-electron chi connectivity index (χ2n) is 18.6. The topological polar surface area (TPSA) is 82.1 Å².